The summed E-state index contributed by atoms with van der Waals surface area (Å²) in [5.74, 6) is 0. The van der Waals surface area contributed by atoms with E-state index >= 15 is 0 Å². The summed E-state index contributed by atoms with van der Waals surface area (Å²) in [5, 5.41) is 0. The monoisotopic (exact) mass is 263 g/mol. The van der Waals surface area contributed by atoms with Gasteiger partial charge >= 0.3 is 0 Å². The van der Waals surface area contributed by atoms with Gasteiger partial charge in [-0.3, -0.25) is 0 Å². The normalized spacial score (nSPS) is 18.9. The van der Waals surface area contributed by atoms with Gasteiger partial charge in [0.05, 0.1) is 0 Å². The van der Waals surface area contributed by atoms with Gasteiger partial charge < -0.3 is 4.90 Å². The summed E-state index contributed by atoms with van der Waals surface area (Å²) in [4.78, 5) is 2.50. The molecule has 1 saturated heterocycles. The Balaban J connectivity index is 1.74. The van der Waals surface area contributed by atoms with Crippen molar-refractivity contribution in [1.29, 1.82) is 0 Å². The molecule has 0 radical (unpaired) electrons. The molecule has 0 aliphatic carbocycles. The first-order valence-electron chi connectivity index (χ1n) is 7.39. The zero-order chi connectivity index (χ0) is 13.8. The Morgan fingerprint density at radius 1 is 1.00 bits per heavy atom. The Bertz CT molecular complexity index is 568. The lowest BCUT2D eigenvalue weighted by atomic mass is 10.1. The van der Waals surface area contributed by atoms with Crippen LogP contribution in [0.3, 0.4) is 0 Å². The van der Waals surface area contributed by atoms with Crippen LogP contribution < -0.4 is 4.90 Å². The molecule has 0 spiro atoms. The molecule has 0 aromatic heterocycles. The van der Waals surface area contributed by atoms with Crippen molar-refractivity contribution in [2.75, 3.05) is 11.4 Å². The van der Waals surface area contributed by atoms with Crippen molar-refractivity contribution >= 4 is 11.8 Å². The van der Waals surface area contributed by atoms with Crippen LogP contribution >= 0.6 is 0 Å². The van der Waals surface area contributed by atoms with Crippen molar-refractivity contribution in [3.8, 4) is 0 Å². The molecule has 0 N–H and O–H groups in total. The van der Waals surface area contributed by atoms with Crippen LogP contribution in [-0.4, -0.2) is 12.6 Å². The van der Waals surface area contributed by atoms with Gasteiger partial charge in [0.25, 0.3) is 0 Å². The predicted molar refractivity (Wildman–Crippen MR) is 87.0 cm³/mol. The number of anilines is 1. The molecule has 2 aromatic rings. The average molecular weight is 263 g/mol. The minimum Gasteiger partial charge on any atom is -0.365 e. The van der Waals surface area contributed by atoms with Gasteiger partial charge in [-0.1, -0.05) is 60.2 Å². The highest BCUT2D eigenvalue weighted by atomic mass is 15.2. The standard InChI is InChI=1S/C19H21N/c1-16-9-11-17(12-10-16)13-14-19-8-5-15-20(19)18-6-3-2-4-7-18/h2-4,6-7,9-14,19H,5,8,15H2,1H3/b14-13-. The van der Waals surface area contributed by atoms with Crippen LogP contribution in [-0.2, 0) is 0 Å². The average Bonchev–Trinajstić information content (AvgIpc) is 2.96. The molecule has 102 valence electrons. The van der Waals surface area contributed by atoms with Gasteiger partial charge in [-0.25, -0.2) is 0 Å². The van der Waals surface area contributed by atoms with Crippen LogP contribution in [0.25, 0.3) is 6.08 Å². The molecule has 1 unspecified atom stereocenters. The largest absolute Gasteiger partial charge is 0.365 e. The molecule has 2 aromatic carbocycles. The summed E-state index contributed by atoms with van der Waals surface area (Å²) in [6, 6.07) is 20.0. The highest BCUT2D eigenvalue weighted by Crippen LogP contribution is 2.26. The molecular formula is C19H21N. The fourth-order valence-corrected chi connectivity index (χ4v) is 2.83. The van der Waals surface area contributed by atoms with Gasteiger partial charge in [0, 0.05) is 18.3 Å². The molecule has 0 saturated carbocycles. The second-order valence-electron chi connectivity index (χ2n) is 5.51. The molecule has 20 heavy (non-hydrogen) atoms. The Morgan fingerprint density at radius 2 is 1.75 bits per heavy atom. The van der Waals surface area contributed by atoms with E-state index in [1.165, 1.54) is 29.7 Å². The van der Waals surface area contributed by atoms with Gasteiger partial charge in [-0.2, -0.15) is 0 Å². The Labute approximate surface area is 121 Å². The number of rotatable bonds is 3. The third-order valence-electron chi connectivity index (χ3n) is 3.98. The lowest BCUT2D eigenvalue weighted by molar-refractivity contribution is 0.808. The molecule has 0 bridgehead atoms. The zero-order valence-corrected chi connectivity index (χ0v) is 12.0. The minimum atomic E-state index is 0.527. The van der Waals surface area contributed by atoms with E-state index in [2.05, 4.69) is 78.6 Å². The van der Waals surface area contributed by atoms with Gasteiger partial charge in [-0.15, -0.1) is 0 Å². The van der Waals surface area contributed by atoms with Crippen molar-refractivity contribution < 1.29 is 0 Å². The summed E-state index contributed by atoms with van der Waals surface area (Å²) >= 11 is 0. The molecule has 1 fully saturated rings. The predicted octanol–water partition coefficient (Wildman–Crippen LogP) is 4.68. The van der Waals surface area contributed by atoms with E-state index in [0.717, 1.165) is 6.54 Å². The van der Waals surface area contributed by atoms with Gasteiger partial charge in [0.1, 0.15) is 0 Å². The van der Waals surface area contributed by atoms with E-state index in [1.807, 2.05) is 0 Å². The van der Waals surface area contributed by atoms with Gasteiger partial charge in [-0.05, 0) is 37.5 Å². The van der Waals surface area contributed by atoms with E-state index in [9.17, 15) is 0 Å². The fourth-order valence-electron chi connectivity index (χ4n) is 2.83. The minimum absolute atomic E-state index is 0.527. The van der Waals surface area contributed by atoms with Crippen LogP contribution in [0.1, 0.15) is 24.0 Å². The second kappa shape index (κ2) is 5.96. The van der Waals surface area contributed by atoms with E-state index in [1.54, 1.807) is 0 Å². The number of hydrogen-bond acceptors (Lipinski definition) is 1. The molecule has 1 heterocycles. The quantitative estimate of drug-likeness (QED) is 0.777. The lowest BCUT2D eigenvalue weighted by Crippen LogP contribution is -2.27. The van der Waals surface area contributed by atoms with Crippen LogP contribution in [0.2, 0.25) is 0 Å². The Hall–Kier alpha value is -2.02. The molecule has 0 amide bonds. The highest BCUT2D eigenvalue weighted by Gasteiger charge is 2.21. The van der Waals surface area contributed by atoms with Crippen LogP contribution in [0.15, 0.2) is 60.7 Å². The summed E-state index contributed by atoms with van der Waals surface area (Å²) in [6.45, 7) is 3.29. The first-order chi connectivity index (χ1) is 9.83. The number of benzene rings is 2. The molecule has 1 nitrogen and oxygen atoms in total. The van der Waals surface area contributed by atoms with E-state index in [-0.39, 0.29) is 0 Å². The van der Waals surface area contributed by atoms with Crippen molar-refractivity contribution in [3.05, 3.63) is 71.8 Å². The first kappa shape index (κ1) is 13.0. The first-order valence-corrected chi connectivity index (χ1v) is 7.39. The summed E-state index contributed by atoms with van der Waals surface area (Å²) < 4.78 is 0. The molecule has 1 aliphatic rings. The van der Waals surface area contributed by atoms with Crippen LogP contribution in [0, 0.1) is 6.92 Å². The number of nitrogens with zero attached hydrogens (tertiary/aromatic N) is 1. The van der Waals surface area contributed by atoms with Gasteiger partial charge in [0.15, 0.2) is 0 Å². The summed E-state index contributed by atoms with van der Waals surface area (Å²) in [5.41, 5.74) is 3.94. The van der Waals surface area contributed by atoms with Gasteiger partial charge in [0.2, 0.25) is 0 Å². The molecular weight excluding hydrogens is 242 g/mol. The topological polar surface area (TPSA) is 3.24 Å². The number of aryl methyl sites for hydroxylation is 1. The van der Waals surface area contributed by atoms with E-state index < -0.39 is 0 Å². The van der Waals surface area contributed by atoms with Crippen LogP contribution in [0.4, 0.5) is 5.69 Å². The van der Waals surface area contributed by atoms with Crippen molar-refractivity contribution in [2.45, 2.75) is 25.8 Å². The van der Waals surface area contributed by atoms with Crippen molar-refractivity contribution in [3.63, 3.8) is 0 Å². The smallest absolute Gasteiger partial charge is 0.0476 e. The Morgan fingerprint density at radius 3 is 2.50 bits per heavy atom. The summed E-state index contributed by atoms with van der Waals surface area (Å²) in [6.07, 6.45) is 7.13. The van der Waals surface area contributed by atoms with E-state index in [0.29, 0.717) is 6.04 Å². The maximum Gasteiger partial charge on any atom is 0.0476 e. The fraction of sp³-hybridized carbons (Fsp3) is 0.263. The number of para-hydroxylation sites is 1. The molecule has 1 atom stereocenters. The SMILES string of the molecule is Cc1ccc(/C=C\C2CCCN2c2ccccc2)cc1. The Kier molecular flexibility index (Phi) is 3.87. The number of hydrogen-bond donors (Lipinski definition) is 0. The third kappa shape index (κ3) is 2.93. The zero-order valence-electron chi connectivity index (χ0n) is 12.0. The maximum atomic E-state index is 2.50. The van der Waals surface area contributed by atoms with Crippen molar-refractivity contribution in [1.82, 2.24) is 0 Å². The molecule has 1 aliphatic heterocycles. The van der Waals surface area contributed by atoms with E-state index in [4.69, 9.17) is 0 Å². The maximum absolute atomic E-state index is 2.50. The molecule has 1 heteroatoms. The molecule has 3 rings (SSSR count). The van der Waals surface area contributed by atoms with Crippen LogP contribution in [0.5, 0.6) is 0 Å². The lowest BCUT2D eigenvalue weighted by Gasteiger charge is -2.24. The van der Waals surface area contributed by atoms with Crippen molar-refractivity contribution in [2.24, 2.45) is 0 Å². The second-order valence-corrected chi connectivity index (χ2v) is 5.51. The summed E-state index contributed by atoms with van der Waals surface area (Å²) in [7, 11) is 0. The highest BCUT2D eigenvalue weighted by molar-refractivity contribution is 5.54. The third-order valence-corrected chi connectivity index (χ3v) is 3.98.